The van der Waals surface area contributed by atoms with Gasteiger partial charge in [0, 0.05) is 11.5 Å². The van der Waals surface area contributed by atoms with Gasteiger partial charge in [0.05, 0.1) is 11.3 Å². The van der Waals surface area contributed by atoms with Crippen LogP contribution in [0, 0.1) is 0 Å². The zero-order chi connectivity index (χ0) is 21.2. The molecule has 150 valence electrons. The molecule has 8 heteroatoms. The highest BCUT2D eigenvalue weighted by atomic mass is 16.5. The first kappa shape index (κ1) is 19.9. The van der Waals surface area contributed by atoms with Gasteiger partial charge in [-0.2, -0.15) is 0 Å². The van der Waals surface area contributed by atoms with E-state index in [1.165, 1.54) is 17.0 Å². The molecule has 0 saturated heterocycles. The minimum Gasteiger partial charge on any atom is -0.478 e. The maximum atomic E-state index is 12.0. The first-order valence-corrected chi connectivity index (χ1v) is 8.83. The quantitative estimate of drug-likeness (QED) is 0.647. The predicted molar refractivity (Wildman–Crippen MR) is 107 cm³/mol. The summed E-state index contributed by atoms with van der Waals surface area (Å²) in [6.45, 7) is 5.92. The van der Waals surface area contributed by atoms with E-state index in [9.17, 15) is 9.59 Å². The molecule has 0 aliphatic rings. The van der Waals surface area contributed by atoms with Gasteiger partial charge in [0.1, 0.15) is 17.3 Å². The molecule has 1 heterocycles. The lowest BCUT2D eigenvalue weighted by molar-refractivity contribution is 0.0697. The number of rotatable bonds is 5. The zero-order valence-corrected chi connectivity index (χ0v) is 16.2. The number of nitrogens with two attached hydrogens (primary N) is 1. The summed E-state index contributed by atoms with van der Waals surface area (Å²) < 4.78 is 11.0. The minimum atomic E-state index is -1.00. The van der Waals surface area contributed by atoms with Gasteiger partial charge in [0.2, 0.25) is 0 Å². The molecule has 0 radical (unpaired) electrons. The lowest BCUT2D eigenvalue weighted by atomic mass is 9.93. The Morgan fingerprint density at radius 3 is 2.03 bits per heavy atom. The molecule has 0 fully saturated rings. The molecule has 3 rings (SSSR count). The van der Waals surface area contributed by atoms with Crippen LogP contribution in [0.5, 0.6) is 11.5 Å². The second kappa shape index (κ2) is 7.67. The Balaban J connectivity index is 1.80. The highest BCUT2D eigenvalue weighted by Crippen LogP contribution is 2.31. The molecule has 0 saturated carbocycles. The van der Waals surface area contributed by atoms with E-state index in [2.05, 4.69) is 5.16 Å². The third-order valence-corrected chi connectivity index (χ3v) is 4.12. The van der Waals surface area contributed by atoms with E-state index in [1.54, 1.807) is 42.5 Å². The molecule has 0 spiro atoms. The van der Waals surface area contributed by atoms with Gasteiger partial charge in [-0.1, -0.05) is 25.9 Å². The Hall–Kier alpha value is -3.81. The van der Waals surface area contributed by atoms with Crippen LogP contribution in [0.2, 0.25) is 0 Å². The van der Waals surface area contributed by atoms with E-state index in [-0.39, 0.29) is 11.0 Å². The van der Waals surface area contributed by atoms with Crippen molar-refractivity contribution in [3.8, 4) is 11.5 Å². The zero-order valence-electron chi connectivity index (χ0n) is 16.2. The average Bonchev–Trinajstić information content (AvgIpc) is 3.13. The summed E-state index contributed by atoms with van der Waals surface area (Å²) in [7, 11) is 0. The number of primary amides is 1. The van der Waals surface area contributed by atoms with E-state index >= 15 is 0 Å². The van der Waals surface area contributed by atoms with Crippen LogP contribution in [0.4, 0.5) is 16.3 Å². The summed E-state index contributed by atoms with van der Waals surface area (Å²) in [6, 6.07) is 13.7. The molecule has 8 nitrogen and oxygen atoms in total. The fourth-order valence-corrected chi connectivity index (χ4v) is 2.56. The van der Waals surface area contributed by atoms with Crippen LogP contribution < -0.4 is 15.4 Å². The van der Waals surface area contributed by atoms with Crippen molar-refractivity contribution in [2.24, 2.45) is 5.73 Å². The Kier molecular flexibility index (Phi) is 5.27. The minimum absolute atomic E-state index is 0.173. The van der Waals surface area contributed by atoms with Gasteiger partial charge < -0.3 is 20.1 Å². The average molecular weight is 395 g/mol. The van der Waals surface area contributed by atoms with E-state index in [4.69, 9.17) is 20.1 Å². The van der Waals surface area contributed by atoms with Crippen molar-refractivity contribution >= 4 is 23.5 Å². The van der Waals surface area contributed by atoms with Gasteiger partial charge in [-0.3, -0.25) is 0 Å². The topological polar surface area (TPSA) is 119 Å². The monoisotopic (exact) mass is 395 g/mol. The molecule has 3 N–H and O–H groups in total. The van der Waals surface area contributed by atoms with Crippen molar-refractivity contribution in [2.45, 2.75) is 26.2 Å². The molecule has 0 aliphatic heterocycles. The number of amides is 2. The number of benzene rings is 2. The van der Waals surface area contributed by atoms with Crippen LogP contribution in [0.15, 0.2) is 59.1 Å². The Labute approximate surface area is 167 Å². The van der Waals surface area contributed by atoms with Crippen molar-refractivity contribution in [3.63, 3.8) is 0 Å². The van der Waals surface area contributed by atoms with E-state index in [1.807, 2.05) is 20.8 Å². The fourth-order valence-electron chi connectivity index (χ4n) is 2.56. The fraction of sp³-hybridized carbons (Fsp3) is 0.190. The van der Waals surface area contributed by atoms with Gasteiger partial charge in [0.15, 0.2) is 5.82 Å². The van der Waals surface area contributed by atoms with Gasteiger partial charge >= 0.3 is 12.0 Å². The molecule has 0 atom stereocenters. The Bertz CT molecular complexity index is 1020. The number of ether oxygens (including phenoxy) is 1. The molecular weight excluding hydrogens is 374 g/mol. The Morgan fingerprint density at radius 1 is 1.03 bits per heavy atom. The van der Waals surface area contributed by atoms with Crippen molar-refractivity contribution in [2.75, 3.05) is 4.90 Å². The number of aromatic nitrogens is 1. The van der Waals surface area contributed by atoms with Gasteiger partial charge in [-0.05, 0) is 48.5 Å². The molecule has 0 aliphatic carbocycles. The second-order valence-electron chi connectivity index (χ2n) is 7.40. The SMILES string of the molecule is CC(C)(C)c1cc(N(C(N)=O)c2ccc(Oc3ccc(C(=O)O)cc3)cc2)no1. The van der Waals surface area contributed by atoms with Crippen molar-refractivity contribution in [3.05, 3.63) is 65.9 Å². The van der Waals surface area contributed by atoms with Crippen molar-refractivity contribution < 1.29 is 24.0 Å². The third-order valence-electron chi connectivity index (χ3n) is 4.12. The summed E-state index contributed by atoms with van der Waals surface area (Å²) in [6.07, 6.45) is 0. The summed E-state index contributed by atoms with van der Waals surface area (Å²) >= 11 is 0. The van der Waals surface area contributed by atoms with Crippen LogP contribution in [0.1, 0.15) is 36.9 Å². The standard InChI is InChI=1S/C21H21N3O5/c1-21(2,3)17-12-18(23-29-17)24(20(22)27)14-6-10-16(11-7-14)28-15-8-4-13(5-9-15)19(25)26/h4-12H,1-3H3,(H2,22,27)(H,25,26). The van der Waals surface area contributed by atoms with Gasteiger partial charge in [0.25, 0.3) is 0 Å². The lowest BCUT2D eigenvalue weighted by Gasteiger charge is -2.17. The van der Waals surface area contributed by atoms with Gasteiger partial charge in [-0.15, -0.1) is 0 Å². The molecule has 0 unspecified atom stereocenters. The van der Waals surface area contributed by atoms with E-state index in [0.717, 1.165) is 0 Å². The summed E-state index contributed by atoms with van der Waals surface area (Å²) in [5.41, 5.74) is 5.96. The molecule has 29 heavy (non-hydrogen) atoms. The number of carbonyl (C=O) groups is 2. The van der Waals surface area contributed by atoms with Crippen molar-refractivity contribution in [1.29, 1.82) is 0 Å². The number of carboxylic acids is 1. The number of urea groups is 1. The smallest absolute Gasteiger partial charge is 0.335 e. The van der Waals surface area contributed by atoms with Crippen LogP contribution in [-0.2, 0) is 5.41 Å². The molecule has 2 aromatic carbocycles. The highest BCUT2D eigenvalue weighted by molar-refractivity contribution is 5.97. The summed E-state index contributed by atoms with van der Waals surface area (Å²) in [5, 5.41) is 12.9. The number of nitrogens with zero attached hydrogens (tertiary/aromatic N) is 2. The normalized spacial score (nSPS) is 11.1. The van der Waals surface area contributed by atoms with Crippen LogP contribution in [0.3, 0.4) is 0 Å². The predicted octanol–water partition coefficient (Wildman–Crippen LogP) is 4.68. The number of anilines is 2. The van der Waals surface area contributed by atoms with Crippen LogP contribution >= 0.6 is 0 Å². The summed E-state index contributed by atoms with van der Waals surface area (Å²) in [4.78, 5) is 24.2. The lowest BCUT2D eigenvalue weighted by Crippen LogP contribution is -2.31. The van der Waals surface area contributed by atoms with Crippen LogP contribution in [0.25, 0.3) is 0 Å². The first-order chi connectivity index (χ1) is 13.6. The Morgan fingerprint density at radius 2 is 1.59 bits per heavy atom. The first-order valence-electron chi connectivity index (χ1n) is 8.83. The molecular formula is C21H21N3O5. The maximum absolute atomic E-state index is 12.0. The largest absolute Gasteiger partial charge is 0.478 e. The highest BCUT2D eigenvalue weighted by Gasteiger charge is 2.24. The van der Waals surface area contributed by atoms with Gasteiger partial charge in [-0.25, -0.2) is 14.5 Å². The summed E-state index contributed by atoms with van der Waals surface area (Å²) in [5.74, 6) is 0.913. The second-order valence-corrected chi connectivity index (χ2v) is 7.40. The number of carbonyl (C=O) groups excluding carboxylic acids is 1. The number of aromatic carboxylic acids is 1. The maximum Gasteiger partial charge on any atom is 0.335 e. The third kappa shape index (κ3) is 4.55. The molecule has 3 aromatic rings. The number of hydrogen-bond acceptors (Lipinski definition) is 5. The van der Waals surface area contributed by atoms with Crippen LogP contribution in [-0.4, -0.2) is 22.3 Å². The van der Waals surface area contributed by atoms with E-state index in [0.29, 0.717) is 28.8 Å². The van der Waals surface area contributed by atoms with Crippen molar-refractivity contribution in [1.82, 2.24) is 5.16 Å². The molecule has 0 bridgehead atoms. The molecule has 2 amide bonds. The number of hydrogen-bond donors (Lipinski definition) is 2. The molecule has 1 aromatic heterocycles. The number of carboxylic acid groups (broad SMARTS) is 1. The van der Waals surface area contributed by atoms with E-state index < -0.39 is 12.0 Å².